The summed E-state index contributed by atoms with van der Waals surface area (Å²) in [4.78, 5) is 2.43. The number of hydrogen-bond acceptors (Lipinski definition) is 3. The number of likely N-dealkylation sites (N-methyl/N-ethyl adjacent to an activating group) is 1. The van der Waals surface area contributed by atoms with E-state index in [9.17, 15) is 0 Å². The second-order valence-electron chi connectivity index (χ2n) is 4.38. The fourth-order valence-corrected chi connectivity index (χ4v) is 2.27. The zero-order valence-electron chi connectivity index (χ0n) is 11.9. The maximum Gasteiger partial charge on any atom is 0.119 e. The van der Waals surface area contributed by atoms with Gasteiger partial charge in [-0.2, -0.15) is 0 Å². The topological polar surface area (TPSA) is 38.5 Å². The van der Waals surface area contributed by atoms with Crippen molar-refractivity contribution in [3.8, 4) is 5.75 Å². The van der Waals surface area contributed by atoms with Gasteiger partial charge in [0.15, 0.2) is 0 Å². The lowest BCUT2D eigenvalue weighted by molar-refractivity contribution is 0.212. The first-order valence-electron chi connectivity index (χ1n) is 6.93. The molecule has 0 heterocycles. The number of nitrogens with zero attached hydrogens (tertiary/aromatic N) is 1. The molecule has 0 saturated carbocycles. The van der Waals surface area contributed by atoms with Crippen LogP contribution in [-0.2, 0) is 0 Å². The van der Waals surface area contributed by atoms with Crippen LogP contribution < -0.4 is 10.5 Å². The van der Waals surface area contributed by atoms with E-state index in [1.807, 2.05) is 19.1 Å². The molecule has 1 unspecified atom stereocenters. The fraction of sp³-hybridized carbons (Fsp3) is 0.600. The third kappa shape index (κ3) is 4.00. The Morgan fingerprint density at radius 3 is 2.28 bits per heavy atom. The van der Waals surface area contributed by atoms with E-state index in [0.717, 1.165) is 25.3 Å². The molecule has 0 fully saturated rings. The Morgan fingerprint density at radius 2 is 1.83 bits per heavy atom. The first kappa shape index (κ1) is 15.0. The van der Waals surface area contributed by atoms with Crippen molar-refractivity contribution in [3.63, 3.8) is 0 Å². The molecule has 102 valence electrons. The van der Waals surface area contributed by atoms with Gasteiger partial charge in [-0.05, 0) is 44.1 Å². The molecule has 0 radical (unpaired) electrons. The normalized spacial score (nSPS) is 12.7. The molecule has 2 N–H and O–H groups in total. The van der Waals surface area contributed by atoms with E-state index in [1.54, 1.807) is 0 Å². The Bertz CT molecular complexity index is 324. The molecule has 0 aromatic heterocycles. The molecule has 18 heavy (non-hydrogen) atoms. The van der Waals surface area contributed by atoms with Crippen LogP contribution in [0.2, 0.25) is 0 Å². The van der Waals surface area contributed by atoms with Gasteiger partial charge in [-0.25, -0.2) is 0 Å². The predicted molar refractivity (Wildman–Crippen MR) is 76.9 cm³/mol. The van der Waals surface area contributed by atoms with Gasteiger partial charge in [-0.1, -0.05) is 26.0 Å². The van der Waals surface area contributed by atoms with Crippen LogP contribution in [-0.4, -0.2) is 31.1 Å². The van der Waals surface area contributed by atoms with Gasteiger partial charge in [-0.15, -0.1) is 0 Å². The number of rotatable bonds is 8. The molecule has 1 aromatic carbocycles. The highest BCUT2D eigenvalue weighted by atomic mass is 16.5. The molecule has 0 spiro atoms. The third-order valence-corrected chi connectivity index (χ3v) is 3.16. The number of benzene rings is 1. The maximum absolute atomic E-state index is 5.94. The van der Waals surface area contributed by atoms with Crippen molar-refractivity contribution < 1.29 is 4.74 Å². The molecule has 0 saturated heterocycles. The van der Waals surface area contributed by atoms with Crippen LogP contribution in [0, 0.1) is 0 Å². The summed E-state index contributed by atoms with van der Waals surface area (Å²) in [6.07, 6.45) is 1.15. The van der Waals surface area contributed by atoms with Gasteiger partial charge in [0.2, 0.25) is 0 Å². The summed E-state index contributed by atoms with van der Waals surface area (Å²) in [7, 11) is 0. The number of nitrogens with two attached hydrogens (primary N) is 1. The average molecular weight is 250 g/mol. The summed E-state index contributed by atoms with van der Waals surface area (Å²) in [5.74, 6) is 0.926. The van der Waals surface area contributed by atoms with Gasteiger partial charge in [0.1, 0.15) is 5.75 Å². The summed E-state index contributed by atoms with van der Waals surface area (Å²) in [6, 6.07) is 8.62. The zero-order valence-corrected chi connectivity index (χ0v) is 11.9. The van der Waals surface area contributed by atoms with Crippen LogP contribution in [0.3, 0.4) is 0 Å². The lowest BCUT2D eigenvalue weighted by Crippen LogP contribution is -2.34. The van der Waals surface area contributed by atoms with Gasteiger partial charge in [0, 0.05) is 12.6 Å². The van der Waals surface area contributed by atoms with Gasteiger partial charge < -0.3 is 10.5 Å². The smallest absolute Gasteiger partial charge is 0.119 e. The van der Waals surface area contributed by atoms with E-state index in [-0.39, 0.29) is 0 Å². The van der Waals surface area contributed by atoms with Crippen molar-refractivity contribution in [2.45, 2.75) is 33.2 Å². The van der Waals surface area contributed by atoms with Crippen LogP contribution >= 0.6 is 0 Å². The van der Waals surface area contributed by atoms with Crippen LogP contribution in [0.15, 0.2) is 24.3 Å². The Balaban J connectivity index is 2.80. The SMILES string of the molecule is CCCN(CC)C(CN)c1ccc(OCC)cc1. The van der Waals surface area contributed by atoms with E-state index in [2.05, 4.69) is 30.9 Å². The van der Waals surface area contributed by atoms with Crippen molar-refractivity contribution in [1.29, 1.82) is 0 Å². The minimum atomic E-state index is 0.311. The van der Waals surface area contributed by atoms with Crippen molar-refractivity contribution in [2.24, 2.45) is 5.73 Å². The highest BCUT2D eigenvalue weighted by molar-refractivity contribution is 5.29. The van der Waals surface area contributed by atoms with Crippen molar-refractivity contribution in [1.82, 2.24) is 4.90 Å². The van der Waals surface area contributed by atoms with Gasteiger partial charge in [0.25, 0.3) is 0 Å². The number of ether oxygens (including phenoxy) is 1. The average Bonchev–Trinajstić information content (AvgIpc) is 2.40. The summed E-state index contributed by atoms with van der Waals surface area (Å²) < 4.78 is 5.46. The summed E-state index contributed by atoms with van der Waals surface area (Å²) in [6.45, 7) is 9.87. The van der Waals surface area contributed by atoms with E-state index < -0.39 is 0 Å². The summed E-state index contributed by atoms with van der Waals surface area (Å²) >= 11 is 0. The second-order valence-corrected chi connectivity index (χ2v) is 4.38. The largest absolute Gasteiger partial charge is 0.494 e. The summed E-state index contributed by atoms with van der Waals surface area (Å²) in [5.41, 5.74) is 7.21. The fourth-order valence-electron chi connectivity index (χ4n) is 2.27. The Hall–Kier alpha value is -1.06. The third-order valence-electron chi connectivity index (χ3n) is 3.16. The highest BCUT2D eigenvalue weighted by Crippen LogP contribution is 2.22. The summed E-state index contributed by atoms with van der Waals surface area (Å²) in [5, 5.41) is 0. The molecule has 1 aromatic rings. The standard InChI is InChI=1S/C15H26N2O/c1-4-11-17(5-2)15(12-16)13-7-9-14(10-8-13)18-6-3/h7-10,15H,4-6,11-12,16H2,1-3H3. The maximum atomic E-state index is 5.94. The lowest BCUT2D eigenvalue weighted by atomic mass is 10.0. The van der Waals surface area contributed by atoms with Crippen LogP contribution in [0.4, 0.5) is 0 Å². The van der Waals surface area contributed by atoms with Crippen molar-refractivity contribution >= 4 is 0 Å². The highest BCUT2D eigenvalue weighted by Gasteiger charge is 2.16. The van der Waals surface area contributed by atoms with Crippen molar-refractivity contribution in [3.05, 3.63) is 29.8 Å². The van der Waals surface area contributed by atoms with E-state index in [1.165, 1.54) is 5.56 Å². The molecule has 3 heteroatoms. The molecule has 0 aliphatic heterocycles. The van der Waals surface area contributed by atoms with E-state index in [0.29, 0.717) is 19.2 Å². The van der Waals surface area contributed by atoms with Crippen LogP contribution in [0.1, 0.15) is 38.8 Å². The van der Waals surface area contributed by atoms with Crippen LogP contribution in [0.5, 0.6) is 5.75 Å². The lowest BCUT2D eigenvalue weighted by Gasteiger charge is -2.29. The van der Waals surface area contributed by atoms with Crippen molar-refractivity contribution in [2.75, 3.05) is 26.2 Å². The predicted octanol–water partition coefficient (Wildman–Crippen LogP) is 2.82. The quantitative estimate of drug-likeness (QED) is 0.771. The van der Waals surface area contributed by atoms with E-state index in [4.69, 9.17) is 10.5 Å². The molecule has 0 bridgehead atoms. The minimum absolute atomic E-state index is 0.311. The second kappa shape index (κ2) is 8.11. The first-order valence-corrected chi connectivity index (χ1v) is 6.93. The molecule has 0 amide bonds. The van der Waals surface area contributed by atoms with Gasteiger partial charge in [0.05, 0.1) is 6.61 Å². The monoisotopic (exact) mass is 250 g/mol. The molecular formula is C15H26N2O. The minimum Gasteiger partial charge on any atom is -0.494 e. The van der Waals surface area contributed by atoms with Crippen LogP contribution in [0.25, 0.3) is 0 Å². The molecule has 0 aliphatic rings. The Kier molecular flexibility index (Phi) is 6.76. The van der Waals surface area contributed by atoms with E-state index >= 15 is 0 Å². The molecule has 0 aliphatic carbocycles. The Morgan fingerprint density at radius 1 is 1.17 bits per heavy atom. The molecular weight excluding hydrogens is 224 g/mol. The Labute approximate surface area is 111 Å². The molecule has 1 atom stereocenters. The zero-order chi connectivity index (χ0) is 13.4. The van der Waals surface area contributed by atoms with Gasteiger partial charge >= 0.3 is 0 Å². The molecule has 3 nitrogen and oxygen atoms in total. The number of hydrogen-bond donors (Lipinski definition) is 1. The van der Waals surface area contributed by atoms with Gasteiger partial charge in [-0.3, -0.25) is 4.90 Å². The molecule has 1 rings (SSSR count). The first-order chi connectivity index (χ1) is 8.76.